The second kappa shape index (κ2) is 6.74. The molecule has 2 heterocycles. The monoisotopic (exact) mass is 297 g/mol. The quantitative estimate of drug-likeness (QED) is 0.872. The normalized spacial score (nSPS) is 18.5. The largest absolute Gasteiger partial charge is 0.491 e. The second-order valence-electron chi connectivity index (χ2n) is 4.46. The third-order valence-electron chi connectivity index (χ3n) is 3.03. The van der Waals surface area contributed by atoms with Gasteiger partial charge in [0.2, 0.25) is 0 Å². The fourth-order valence-electron chi connectivity index (χ4n) is 2.05. The molecule has 3 rings (SSSR count). The molecule has 0 amide bonds. The van der Waals surface area contributed by atoms with Crippen molar-refractivity contribution in [2.24, 2.45) is 0 Å². The van der Waals surface area contributed by atoms with Crippen molar-refractivity contribution < 1.29 is 13.9 Å². The number of ether oxygens (including phenoxy) is 2. The smallest absolute Gasteiger partial charge is 0.336 e. The van der Waals surface area contributed by atoms with E-state index in [4.69, 9.17) is 13.9 Å². The third-order valence-corrected chi connectivity index (χ3v) is 3.03. The van der Waals surface area contributed by atoms with E-state index in [2.05, 4.69) is 5.32 Å². The van der Waals surface area contributed by atoms with Gasteiger partial charge in [-0.1, -0.05) is 0 Å². The molecule has 0 radical (unpaired) electrons. The first-order valence-corrected chi connectivity index (χ1v) is 6.30. The molecule has 1 aromatic carbocycles. The van der Waals surface area contributed by atoms with Crippen LogP contribution in [0.25, 0.3) is 11.0 Å². The van der Waals surface area contributed by atoms with Crippen molar-refractivity contribution in [1.29, 1.82) is 0 Å². The minimum atomic E-state index is -0.357. The average molecular weight is 298 g/mol. The zero-order valence-electron chi connectivity index (χ0n) is 10.8. The van der Waals surface area contributed by atoms with Crippen molar-refractivity contribution in [2.75, 3.05) is 26.3 Å². The summed E-state index contributed by atoms with van der Waals surface area (Å²) >= 11 is 0. The minimum Gasteiger partial charge on any atom is -0.491 e. The van der Waals surface area contributed by atoms with E-state index in [1.54, 1.807) is 12.1 Å². The van der Waals surface area contributed by atoms with Crippen LogP contribution in [0.1, 0.15) is 0 Å². The van der Waals surface area contributed by atoms with Gasteiger partial charge in [-0.3, -0.25) is 0 Å². The summed E-state index contributed by atoms with van der Waals surface area (Å²) < 4.78 is 16.3. The van der Waals surface area contributed by atoms with Gasteiger partial charge < -0.3 is 19.2 Å². The highest BCUT2D eigenvalue weighted by Gasteiger charge is 2.14. The Morgan fingerprint density at radius 3 is 2.95 bits per heavy atom. The summed E-state index contributed by atoms with van der Waals surface area (Å²) in [6, 6.07) is 8.60. The number of hydrogen-bond donors (Lipinski definition) is 1. The van der Waals surface area contributed by atoms with Crippen molar-refractivity contribution in [3.63, 3.8) is 0 Å². The van der Waals surface area contributed by atoms with Gasteiger partial charge in [-0.25, -0.2) is 4.79 Å². The number of fused-ring (bicyclic) bond motifs is 1. The van der Waals surface area contributed by atoms with Crippen LogP contribution in [0.4, 0.5) is 0 Å². The lowest BCUT2D eigenvalue weighted by Crippen LogP contribution is -2.41. The lowest BCUT2D eigenvalue weighted by molar-refractivity contribution is 0.000206. The molecule has 1 atom stereocenters. The summed E-state index contributed by atoms with van der Waals surface area (Å²) in [6.07, 6.45) is 0.0622. The van der Waals surface area contributed by atoms with Gasteiger partial charge in [-0.2, -0.15) is 0 Å². The van der Waals surface area contributed by atoms with Crippen molar-refractivity contribution in [1.82, 2.24) is 5.32 Å². The molecule has 0 unspecified atom stereocenters. The van der Waals surface area contributed by atoms with Crippen LogP contribution in [0.15, 0.2) is 39.5 Å². The van der Waals surface area contributed by atoms with E-state index in [0.29, 0.717) is 24.5 Å². The van der Waals surface area contributed by atoms with Crippen LogP contribution in [-0.2, 0) is 4.74 Å². The van der Waals surface area contributed by atoms with E-state index in [-0.39, 0.29) is 24.1 Å². The van der Waals surface area contributed by atoms with Crippen LogP contribution in [-0.4, -0.2) is 32.4 Å². The molecule has 1 aromatic heterocycles. The Morgan fingerprint density at radius 2 is 2.15 bits per heavy atom. The number of hydrogen-bond acceptors (Lipinski definition) is 5. The Hall–Kier alpha value is -1.56. The summed E-state index contributed by atoms with van der Waals surface area (Å²) in [5.74, 6) is 0.677. The zero-order chi connectivity index (χ0) is 13.1. The second-order valence-corrected chi connectivity index (χ2v) is 4.46. The van der Waals surface area contributed by atoms with Crippen LogP contribution >= 0.6 is 12.4 Å². The first kappa shape index (κ1) is 14.8. The molecule has 6 heteroatoms. The molecule has 20 heavy (non-hydrogen) atoms. The summed E-state index contributed by atoms with van der Waals surface area (Å²) in [5.41, 5.74) is 0.178. The van der Waals surface area contributed by atoms with Crippen molar-refractivity contribution in [2.45, 2.75) is 6.10 Å². The molecular formula is C14H16ClNO4. The van der Waals surface area contributed by atoms with Gasteiger partial charge in [0, 0.05) is 30.6 Å². The highest BCUT2D eigenvalue weighted by Crippen LogP contribution is 2.19. The molecule has 1 N–H and O–H groups in total. The van der Waals surface area contributed by atoms with Gasteiger partial charge in [0.05, 0.1) is 6.61 Å². The predicted octanol–water partition coefficient (Wildman–Crippen LogP) is 1.58. The Balaban J connectivity index is 0.00000147. The lowest BCUT2D eigenvalue weighted by atomic mass is 10.2. The standard InChI is InChI=1S/C14H15NO4.ClH/c16-14-4-2-10-1-3-11(7-13(10)19-14)18-9-12-8-15-5-6-17-12;/h1-4,7,12,15H,5-6,8-9H2;1H/t12-;/m1./s1. The van der Waals surface area contributed by atoms with Gasteiger partial charge in [0.1, 0.15) is 24.0 Å². The topological polar surface area (TPSA) is 60.7 Å². The van der Waals surface area contributed by atoms with Crippen molar-refractivity contribution >= 4 is 23.4 Å². The van der Waals surface area contributed by atoms with E-state index in [9.17, 15) is 4.79 Å². The maximum Gasteiger partial charge on any atom is 0.336 e. The molecule has 1 saturated heterocycles. The number of halogens is 1. The Labute approximate surface area is 122 Å². The van der Waals surface area contributed by atoms with Crippen LogP contribution in [0.2, 0.25) is 0 Å². The van der Waals surface area contributed by atoms with Gasteiger partial charge >= 0.3 is 5.63 Å². The molecule has 1 aliphatic heterocycles. The minimum absolute atomic E-state index is 0. The summed E-state index contributed by atoms with van der Waals surface area (Å²) in [6.45, 7) is 2.87. The molecule has 0 aliphatic carbocycles. The first-order chi connectivity index (χ1) is 9.31. The average Bonchev–Trinajstić information content (AvgIpc) is 2.46. The molecule has 0 spiro atoms. The number of nitrogens with one attached hydrogen (secondary N) is 1. The van der Waals surface area contributed by atoms with Crippen molar-refractivity contribution in [3.8, 4) is 5.75 Å². The molecule has 1 fully saturated rings. The molecule has 108 valence electrons. The number of benzene rings is 1. The van der Waals surface area contributed by atoms with Gasteiger partial charge in [-0.15, -0.1) is 12.4 Å². The highest BCUT2D eigenvalue weighted by molar-refractivity contribution is 5.85. The maximum absolute atomic E-state index is 11.2. The predicted molar refractivity (Wildman–Crippen MR) is 77.8 cm³/mol. The summed E-state index contributed by atoms with van der Waals surface area (Å²) in [7, 11) is 0. The van der Waals surface area contributed by atoms with E-state index in [1.807, 2.05) is 12.1 Å². The number of morpholine rings is 1. The summed E-state index contributed by atoms with van der Waals surface area (Å²) in [4.78, 5) is 11.2. The maximum atomic E-state index is 11.2. The fourth-order valence-corrected chi connectivity index (χ4v) is 2.05. The van der Waals surface area contributed by atoms with Crippen LogP contribution in [0.5, 0.6) is 5.75 Å². The zero-order valence-corrected chi connectivity index (χ0v) is 11.7. The van der Waals surface area contributed by atoms with Crippen LogP contribution in [0.3, 0.4) is 0 Å². The van der Waals surface area contributed by atoms with Crippen molar-refractivity contribution in [3.05, 3.63) is 40.8 Å². The Bertz CT molecular complexity index is 622. The third kappa shape index (κ3) is 3.50. The van der Waals surface area contributed by atoms with E-state index >= 15 is 0 Å². The molecule has 0 saturated carbocycles. The SMILES string of the molecule is Cl.O=c1ccc2ccc(OC[C@H]3CNCCO3)cc2o1. The van der Waals surface area contributed by atoms with Gasteiger partial charge in [0.25, 0.3) is 0 Å². The molecule has 2 aromatic rings. The van der Waals surface area contributed by atoms with E-state index in [0.717, 1.165) is 18.5 Å². The van der Waals surface area contributed by atoms with E-state index < -0.39 is 0 Å². The van der Waals surface area contributed by atoms with Crippen LogP contribution < -0.4 is 15.7 Å². The first-order valence-electron chi connectivity index (χ1n) is 6.30. The molecule has 1 aliphatic rings. The Kier molecular flexibility index (Phi) is 5.00. The molecule has 0 bridgehead atoms. The molecule has 5 nitrogen and oxygen atoms in total. The van der Waals surface area contributed by atoms with E-state index in [1.165, 1.54) is 6.07 Å². The van der Waals surface area contributed by atoms with Gasteiger partial charge in [0.15, 0.2) is 0 Å². The molecular weight excluding hydrogens is 282 g/mol. The Morgan fingerprint density at radius 1 is 1.30 bits per heavy atom. The van der Waals surface area contributed by atoms with Gasteiger partial charge in [-0.05, 0) is 18.2 Å². The number of rotatable bonds is 3. The fraction of sp³-hybridized carbons (Fsp3) is 0.357. The lowest BCUT2D eigenvalue weighted by Gasteiger charge is -2.23. The van der Waals surface area contributed by atoms with Crippen LogP contribution in [0, 0.1) is 0 Å². The summed E-state index contributed by atoms with van der Waals surface area (Å²) in [5, 5.41) is 4.12. The highest BCUT2D eigenvalue weighted by atomic mass is 35.5.